The molecule has 0 bridgehead atoms. The predicted molar refractivity (Wildman–Crippen MR) is 40.5 cm³/mol. The number of hydrogen-bond donors (Lipinski definition) is 0. The maximum absolute atomic E-state index is 12.4. The number of esters is 1. The third-order valence-electron chi connectivity index (χ3n) is 2.02. The highest BCUT2D eigenvalue weighted by molar-refractivity contribution is 5.81. The average molecular weight is 210 g/mol. The summed E-state index contributed by atoms with van der Waals surface area (Å²) in [5.74, 6) is -0.885. The Kier molecular flexibility index (Phi) is 2.84. The van der Waals surface area contributed by atoms with Crippen molar-refractivity contribution in [2.75, 3.05) is 13.2 Å². The van der Waals surface area contributed by atoms with E-state index in [0.717, 1.165) is 6.08 Å². The third-order valence-corrected chi connectivity index (χ3v) is 2.02. The van der Waals surface area contributed by atoms with Crippen LogP contribution in [0, 0.1) is 0 Å². The molecule has 1 atom stereocenters. The van der Waals surface area contributed by atoms with Crippen LogP contribution in [-0.4, -0.2) is 31.0 Å². The maximum atomic E-state index is 12.4. The van der Waals surface area contributed by atoms with Crippen molar-refractivity contribution in [1.29, 1.82) is 0 Å². The molecule has 6 heteroatoms. The van der Waals surface area contributed by atoms with E-state index >= 15 is 0 Å². The van der Waals surface area contributed by atoms with Gasteiger partial charge in [0.25, 0.3) is 0 Å². The molecule has 0 radical (unpaired) electrons. The van der Waals surface area contributed by atoms with Crippen molar-refractivity contribution < 1.29 is 27.4 Å². The maximum Gasteiger partial charge on any atom is 0.420 e. The zero-order chi connectivity index (χ0) is 10.8. The first-order valence-electron chi connectivity index (χ1n) is 3.91. The van der Waals surface area contributed by atoms with Crippen molar-refractivity contribution in [2.24, 2.45) is 0 Å². The quantitative estimate of drug-likeness (QED) is 0.522. The molecule has 0 aromatic heterocycles. The molecule has 1 saturated heterocycles. The Morgan fingerprint density at radius 3 is 2.50 bits per heavy atom. The average Bonchev–Trinajstić information content (AvgIpc) is 1.99. The van der Waals surface area contributed by atoms with E-state index in [0.29, 0.717) is 0 Å². The summed E-state index contributed by atoms with van der Waals surface area (Å²) in [6.07, 6.45) is -3.88. The second-order valence-electron chi connectivity index (χ2n) is 2.90. The van der Waals surface area contributed by atoms with Crippen molar-refractivity contribution in [3.05, 3.63) is 12.7 Å². The largest absolute Gasteiger partial charge is 0.459 e. The summed E-state index contributed by atoms with van der Waals surface area (Å²) in [7, 11) is 0. The van der Waals surface area contributed by atoms with E-state index in [4.69, 9.17) is 0 Å². The van der Waals surface area contributed by atoms with Crippen LogP contribution in [-0.2, 0) is 14.3 Å². The lowest BCUT2D eigenvalue weighted by atomic mass is 9.95. The van der Waals surface area contributed by atoms with Gasteiger partial charge in [-0.2, -0.15) is 13.2 Å². The minimum Gasteiger partial charge on any atom is -0.459 e. The molecule has 0 aliphatic carbocycles. The molecule has 80 valence electrons. The Balaban J connectivity index is 2.55. The standard InChI is InChI=1S/C8H9F3O3/c1-2-6(12)13-5-7(3-4-14-7)8(9,10)11/h2H,1,3-5H2. The van der Waals surface area contributed by atoms with Crippen molar-refractivity contribution in [3.63, 3.8) is 0 Å². The molecule has 1 aliphatic rings. The summed E-state index contributed by atoms with van der Waals surface area (Å²) < 4.78 is 45.9. The topological polar surface area (TPSA) is 35.5 Å². The number of carbonyl (C=O) groups excluding carboxylic acids is 1. The summed E-state index contributed by atoms with van der Waals surface area (Å²) in [4.78, 5) is 10.6. The highest BCUT2D eigenvalue weighted by atomic mass is 19.4. The first-order chi connectivity index (χ1) is 6.41. The fourth-order valence-corrected chi connectivity index (χ4v) is 1.01. The lowest BCUT2D eigenvalue weighted by Crippen LogP contribution is -2.59. The van der Waals surface area contributed by atoms with Crippen LogP contribution in [0.1, 0.15) is 6.42 Å². The Labute approximate surface area is 78.5 Å². The van der Waals surface area contributed by atoms with Crippen LogP contribution in [0.25, 0.3) is 0 Å². The summed E-state index contributed by atoms with van der Waals surface area (Å²) in [6.45, 7) is 2.30. The van der Waals surface area contributed by atoms with Gasteiger partial charge in [0.15, 0.2) is 5.60 Å². The van der Waals surface area contributed by atoms with E-state index in [9.17, 15) is 18.0 Å². The van der Waals surface area contributed by atoms with E-state index in [1.54, 1.807) is 0 Å². The second kappa shape index (κ2) is 3.61. The second-order valence-corrected chi connectivity index (χ2v) is 2.90. The third kappa shape index (κ3) is 1.89. The highest BCUT2D eigenvalue weighted by Crippen LogP contribution is 2.42. The van der Waals surface area contributed by atoms with E-state index in [-0.39, 0.29) is 13.0 Å². The summed E-state index contributed by atoms with van der Waals surface area (Å²) in [5, 5.41) is 0. The Bertz CT molecular complexity index is 243. The molecule has 14 heavy (non-hydrogen) atoms. The first kappa shape index (κ1) is 11.0. The molecule has 3 nitrogen and oxygen atoms in total. The smallest absolute Gasteiger partial charge is 0.420 e. The van der Waals surface area contributed by atoms with E-state index in [1.165, 1.54) is 0 Å². The molecule has 1 fully saturated rings. The number of carbonyl (C=O) groups is 1. The Morgan fingerprint density at radius 2 is 2.21 bits per heavy atom. The van der Waals surface area contributed by atoms with Crippen molar-refractivity contribution >= 4 is 5.97 Å². The van der Waals surface area contributed by atoms with Gasteiger partial charge >= 0.3 is 12.1 Å². The number of ether oxygens (including phenoxy) is 2. The van der Waals surface area contributed by atoms with Crippen molar-refractivity contribution in [2.45, 2.75) is 18.2 Å². The lowest BCUT2D eigenvalue weighted by Gasteiger charge is -2.41. The zero-order valence-corrected chi connectivity index (χ0v) is 7.26. The van der Waals surface area contributed by atoms with Gasteiger partial charge in [-0.15, -0.1) is 0 Å². The molecule has 1 aliphatic heterocycles. The SMILES string of the molecule is C=CC(=O)OCC1(C(F)(F)F)CCO1. The van der Waals surface area contributed by atoms with Gasteiger partial charge in [-0.3, -0.25) is 0 Å². The lowest BCUT2D eigenvalue weighted by molar-refractivity contribution is -0.335. The van der Waals surface area contributed by atoms with Crippen LogP contribution in [0.4, 0.5) is 13.2 Å². The van der Waals surface area contributed by atoms with Crippen LogP contribution in [0.2, 0.25) is 0 Å². The fraction of sp³-hybridized carbons (Fsp3) is 0.625. The van der Waals surface area contributed by atoms with Gasteiger partial charge < -0.3 is 9.47 Å². The van der Waals surface area contributed by atoms with Crippen molar-refractivity contribution in [1.82, 2.24) is 0 Å². The monoisotopic (exact) mass is 210 g/mol. The molecule has 0 saturated carbocycles. The van der Waals surface area contributed by atoms with Crippen molar-refractivity contribution in [3.8, 4) is 0 Å². The number of hydrogen-bond acceptors (Lipinski definition) is 3. The minimum atomic E-state index is -4.51. The van der Waals surface area contributed by atoms with E-state index in [1.807, 2.05) is 0 Å². The summed E-state index contributed by atoms with van der Waals surface area (Å²) in [6, 6.07) is 0. The fourth-order valence-electron chi connectivity index (χ4n) is 1.01. The molecule has 0 amide bonds. The van der Waals surface area contributed by atoms with Gasteiger partial charge in [0, 0.05) is 12.5 Å². The van der Waals surface area contributed by atoms with Gasteiger partial charge in [0.1, 0.15) is 6.61 Å². The molecule has 0 spiro atoms. The first-order valence-corrected chi connectivity index (χ1v) is 3.91. The molecule has 1 unspecified atom stereocenters. The van der Waals surface area contributed by atoms with E-state index < -0.39 is 24.4 Å². The summed E-state index contributed by atoms with van der Waals surface area (Å²) in [5.41, 5.74) is -2.30. The molecule has 1 heterocycles. The zero-order valence-electron chi connectivity index (χ0n) is 7.26. The molecule has 0 N–H and O–H groups in total. The van der Waals surface area contributed by atoms with Crippen LogP contribution in [0.5, 0.6) is 0 Å². The van der Waals surface area contributed by atoms with Crippen LogP contribution in [0.15, 0.2) is 12.7 Å². The van der Waals surface area contributed by atoms with Crippen LogP contribution < -0.4 is 0 Å². The predicted octanol–water partition coefficient (Wildman–Crippen LogP) is 1.44. The number of rotatable bonds is 3. The Hall–Kier alpha value is -1.04. The molecule has 0 aromatic rings. The normalized spacial score (nSPS) is 26.5. The van der Waals surface area contributed by atoms with Crippen LogP contribution in [0.3, 0.4) is 0 Å². The van der Waals surface area contributed by atoms with Gasteiger partial charge in [-0.25, -0.2) is 4.79 Å². The molecule has 0 aromatic carbocycles. The van der Waals surface area contributed by atoms with Gasteiger partial charge in [0.2, 0.25) is 0 Å². The highest BCUT2D eigenvalue weighted by Gasteiger charge is 2.61. The number of alkyl halides is 3. The van der Waals surface area contributed by atoms with Crippen LogP contribution >= 0.6 is 0 Å². The number of halogens is 3. The van der Waals surface area contributed by atoms with Gasteiger partial charge in [0.05, 0.1) is 6.61 Å². The Morgan fingerprint density at radius 1 is 1.64 bits per heavy atom. The summed E-state index contributed by atoms with van der Waals surface area (Å²) >= 11 is 0. The van der Waals surface area contributed by atoms with Gasteiger partial charge in [-0.05, 0) is 0 Å². The van der Waals surface area contributed by atoms with Gasteiger partial charge in [-0.1, -0.05) is 6.58 Å². The minimum absolute atomic E-state index is 0.0329. The molecule has 1 rings (SSSR count). The van der Waals surface area contributed by atoms with E-state index in [2.05, 4.69) is 16.1 Å². The molecular formula is C8H9F3O3. The molecular weight excluding hydrogens is 201 g/mol.